The van der Waals surface area contributed by atoms with Gasteiger partial charge in [-0.15, -0.1) is 0 Å². The van der Waals surface area contributed by atoms with Gasteiger partial charge in [-0.2, -0.15) is 5.10 Å². The van der Waals surface area contributed by atoms with Crippen LogP contribution in [0, 0.1) is 13.8 Å². The highest BCUT2D eigenvalue weighted by molar-refractivity contribution is 14.1. The normalized spacial score (nSPS) is 21.5. The van der Waals surface area contributed by atoms with Crippen molar-refractivity contribution in [2.75, 3.05) is 24.6 Å². The van der Waals surface area contributed by atoms with Gasteiger partial charge in [0.1, 0.15) is 9.39 Å². The molecule has 0 spiro atoms. The molecule has 0 amide bonds. The molecule has 0 radical (unpaired) electrons. The van der Waals surface area contributed by atoms with Crippen molar-refractivity contribution in [2.45, 2.75) is 38.3 Å². The Morgan fingerprint density at radius 2 is 2.04 bits per heavy atom. The topological polar surface area (TPSA) is 73.4 Å². The Morgan fingerprint density at radius 1 is 1.25 bits per heavy atom. The summed E-state index contributed by atoms with van der Waals surface area (Å²) in [7, 11) is 0. The predicted octanol–water partition coefficient (Wildman–Crippen LogP) is 3.85. The predicted molar refractivity (Wildman–Crippen MR) is 99.4 cm³/mol. The van der Waals surface area contributed by atoms with E-state index < -0.39 is 0 Å². The minimum Gasteiger partial charge on any atom is -0.366 e. The SMILES string of the molecule is O=[N+]([O-])c1cc2c(I)nn(C3CCCCO3)c2cc1N1CCCC1. The minimum atomic E-state index is -0.280. The van der Waals surface area contributed by atoms with Gasteiger partial charge in [0.2, 0.25) is 0 Å². The molecule has 0 saturated carbocycles. The number of nitro benzene ring substituents is 1. The number of halogens is 1. The van der Waals surface area contributed by atoms with Crippen LogP contribution in [0.15, 0.2) is 12.1 Å². The second-order valence-electron chi connectivity index (χ2n) is 6.37. The first kappa shape index (κ1) is 16.1. The first-order valence-electron chi connectivity index (χ1n) is 8.38. The fourth-order valence-corrected chi connectivity index (χ4v) is 4.28. The average molecular weight is 442 g/mol. The number of hydrogen-bond acceptors (Lipinski definition) is 5. The van der Waals surface area contributed by atoms with Crippen molar-refractivity contribution in [3.05, 3.63) is 25.9 Å². The molecule has 2 aromatic rings. The molecule has 3 heterocycles. The molecule has 2 aliphatic heterocycles. The van der Waals surface area contributed by atoms with E-state index in [4.69, 9.17) is 4.74 Å². The number of nitro groups is 1. The van der Waals surface area contributed by atoms with E-state index in [9.17, 15) is 10.1 Å². The molecule has 0 bridgehead atoms. The summed E-state index contributed by atoms with van der Waals surface area (Å²) in [5.41, 5.74) is 1.81. The number of hydrogen-bond donors (Lipinski definition) is 0. The number of ether oxygens (including phenoxy) is 1. The Labute approximate surface area is 153 Å². The fraction of sp³-hybridized carbons (Fsp3) is 0.562. The van der Waals surface area contributed by atoms with Gasteiger partial charge in [-0.05, 0) is 60.8 Å². The van der Waals surface area contributed by atoms with Gasteiger partial charge in [0.25, 0.3) is 5.69 Å². The lowest BCUT2D eigenvalue weighted by Crippen LogP contribution is -2.20. The van der Waals surface area contributed by atoms with Crippen LogP contribution < -0.4 is 4.90 Å². The maximum absolute atomic E-state index is 11.6. The van der Waals surface area contributed by atoms with E-state index >= 15 is 0 Å². The van der Waals surface area contributed by atoms with Crippen molar-refractivity contribution in [3.8, 4) is 0 Å². The molecule has 2 aliphatic rings. The first-order valence-corrected chi connectivity index (χ1v) is 9.46. The van der Waals surface area contributed by atoms with Gasteiger partial charge >= 0.3 is 0 Å². The van der Waals surface area contributed by atoms with Crippen LogP contribution in [0.5, 0.6) is 0 Å². The number of nitrogens with zero attached hydrogens (tertiary/aromatic N) is 4. The lowest BCUT2D eigenvalue weighted by molar-refractivity contribution is -0.384. The summed E-state index contributed by atoms with van der Waals surface area (Å²) in [6.07, 6.45) is 5.22. The molecular weight excluding hydrogens is 423 g/mol. The lowest BCUT2D eigenvalue weighted by atomic mass is 10.1. The lowest BCUT2D eigenvalue weighted by Gasteiger charge is -2.24. The molecule has 8 heteroatoms. The van der Waals surface area contributed by atoms with Crippen LogP contribution in [0.3, 0.4) is 0 Å². The van der Waals surface area contributed by atoms with Gasteiger partial charge in [0.15, 0.2) is 6.23 Å². The zero-order chi connectivity index (χ0) is 16.7. The zero-order valence-corrected chi connectivity index (χ0v) is 15.4. The van der Waals surface area contributed by atoms with E-state index in [1.54, 1.807) is 6.07 Å². The van der Waals surface area contributed by atoms with Gasteiger partial charge in [-0.1, -0.05) is 0 Å². The molecule has 4 rings (SSSR count). The van der Waals surface area contributed by atoms with Crippen molar-refractivity contribution in [2.24, 2.45) is 0 Å². The molecular formula is C16H19IN4O3. The molecule has 128 valence electrons. The molecule has 2 fully saturated rings. The van der Waals surface area contributed by atoms with Crippen LogP contribution in [0.1, 0.15) is 38.3 Å². The maximum Gasteiger partial charge on any atom is 0.293 e. The Kier molecular flexibility index (Phi) is 4.33. The standard InChI is InChI=1S/C16H19IN4O3/c17-16-11-9-14(21(22)23)13(19-6-2-3-7-19)10-12(11)20(18-16)15-5-1-4-8-24-15/h9-10,15H,1-8H2. The van der Waals surface area contributed by atoms with Crippen LogP contribution in [-0.2, 0) is 4.74 Å². The van der Waals surface area contributed by atoms with Crippen LogP contribution in [0.2, 0.25) is 0 Å². The average Bonchev–Trinajstić information content (AvgIpc) is 3.23. The molecule has 1 aromatic carbocycles. The number of aromatic nitrogens is 2. The largest absolute Gasteiger partial charge is 0.366 e. The van der Waals surface area contributed by atoms with E-state index in [0.29, 0.717) is 5.69 Å². The summed E-state index contributed by atoms with van der Waals surface area (Å²) in [5.74, 6) is 0. The molecule has 24 heavy (non-hydrogen) atoms. The van der Waals surface area contributed by atoms with E-state index in [0.717, 1.165) is 66.4 Å². The number of fused-ring (bicyclic) bond motifs is 1. The summed E-state index contributed by atoms with van der Waals surface area (Å²) in [5, 5.41) is 17.0. The van der Waals surface area contributed by atoms with Gasteiger partial charge in [0, 0.05) is 31.1 Å². The molecule has 2 saturated heterocycles. The quantitative estimate of drug-likeness (QED) is 0.410. The third kappa shape index (κ3) is 2.75. The molecule has 1 unspecified atom stereocenters. The monoisotopic (exact) mass is 442 g/mol. The summed E-state index contributed by atoms with van der Waals surface area (Å²) in [6, 6.07) is 3.61. The van der Waals surface area contributed by atoms with Crippen molar-refractivity contribution in [1.29, 1.82) is 0 Å². The van der Waals surface area contributed by atoms with Crippen LogP contribution in [0.4, 0.5) is 11.4 Å². The summed E-state index contributed by atoms with van der Waals surface area (Å²) < 4.78 is 8.58. The van der Waals surface area contributed by atoms with E-state index in [1.165, 1.54) is 0 Å². The Hall–Kier alpha value is -1.42. The van der Waals surface area contributed by atoms with Crippen LogP contribution in [-0.4, -0.2) is 34.4 Å². The van der Waals surface area contributed by atoms with Gasteiger partial charge in [0.05, 0.1) is 10.4 Å². The molecule has 0 aliphatic carbocycles. The van der Waals surface area contributed by atoms with Gasteiger partial charge in [-0.25, -0.2) is 4.68 Å². The molecule has 1 aromatic heterocycles. The van der Waals surface area contributed by atoms with Crippen LogP contribution >= 0.6 is 22.6 Å². The third-order valence-electron chi connectivity index (χ3n) is 4.83. The third-order valence-corrected chi connectivity index (χ3v) is 5.63. The minimum absolute atomic E-state index is 0.0716. The second-order valence-corrected chi connectivity index (χ2v) is 7.39. The Balaban J connectivity index is 1.87. The van der Waals surface area contributed by atoms with Crippen molar-refractivity contribution in [3.63, 3.8) is 0 Å². The number of rotatable bonds is 3. The number of anilines is 1. The molecule has 1 atom stereocenters. The van der Waals surface area contributed by atoms with Crippen molar-refractivity contribution >= 4 is 44.9 Å². The van der Waals surface area contributed by atoms with E-state index in [2.05, 4.69) is 32.6 Å². The van der Waals surface area contributed by atoms with Gasteiger partial charge < -0.3 is 9.64 Å². The smallest absolute Gasteiger partial charge is 0.293 e. The highest BCUT2D eigenvalue weighted by Crippen LogP contribution is 2.38. The Bertz CT molecular complexity index is 779. The fourth-order valence-electron chi connectivity index (χ4n) is 3.62. The highest BCUT2D eigenvalue weighted by atomic mass is 127. The first-order chi connectivity index (χ1) is 11.6. The summed E-state index contributed by atoms with van der Waals surface area (Å²) >= 11 is 2.15. The van der Waals surface area contributed by atoms with Crippen LogP contribution in [0.25, 0.3) is 10.9 Å². The van der Waals surface area contributed by atoms with Crippen molar-refractivity contribution in [1.82, 2.24) is 9.78 Å². The summed E-state index contributed by atoms with van der Waals surface area (Å²) in [4.78, 5) is 13.4. The van der Waals surface area contributed by atoms with Crippen molar-refractivity contribution < 1.29 is 9.66 Å². The molecule has 7 nitrogen and oxygen atoms in total. The second kappa shape index (κ2) is 6.47. The Morgan fingerprint density at radius 3 is 2.71 bits per heavy atom. The summed E-state index contributed by atoms with van der Waals surface area (Å²) in [6.45, 7) is 2.49. The number of benzene rings is 1. The van der Waals surface area contributed by atoms with Gasteiger partial charge in [-0.3, -0.25) is 10.1 Å². The van der Waals surface area contributed by atoms with E-state index in [-0.39, 0.29) is 16.8 Å². The maximum atomic E-state index is 11.6. The highest BCUT2D eigenvalue weighted by Gasteiger charge is 2.27. The zero-order valence-electron chi connectivity index (χ0n) is 13.3. The molecule has 0 N–H and O–H groups in total. The van der Waals surface area contributed by atoms with E-state index in [1.807, 2.05) is 10.7 Å².